The van der Waals surface area contributed by atoms with Gasteiger partial charge in [-0.15, -0.1) is 15.3 Å². The van der Waals surface area contributed by atoms with Crippen molar-refractivity contribution in [1.29, 1.82) is 0 Å². The molecule has 0 aliphatic carbocycles. The molecule has 0 saturated heterocycles. The van der Waals surface area contributed by atoms with Gasteiger partial charge in [0.1, 0.15) is 29.7 Å². The van der Waals surface area contributed by atoms with Crippen LogP contribution in [0.25, 0.3) is 23.2 Å². The predicted octanol–water partition coefficient (Wildman–Crippen LogP) is 4.32. The van der Waals surface area contributed by atoms with Gasteiger partial charge >= 0.3 is 11.9 Å². The maximum absolute atomic E-state index is 13.2. The van der Waals surface area contributed by atoms with Gasteiger partial charge in [0, 0.05) is 25.0 Å². The molecule has 2 N–H and O–H groups in total. The molecule has 4 aromatic heterocycles. The van der Waals surface area contributed by atoms with E-state index in [1.54, 1.807) is 12.1 Å². The van der Waals surface area contributed by atoms with Crippen LogP contribution in [0.15, 0.2) is 66.5 Å². The van der Waals surface area contributed by atoms with E-state index in [0.29, 0.717) is 46.5 Å². The Kier molecular flexibility index (Phi) is 13.9. The minimum absolute atomic E-state index is 0.0953. The van der Waals surface area contributed by atoms with E-state index in [4.69, 9.17) is 38.2 Å². The molecule has 0 amide bonds. The summed E-state index contributed by atoms with van der Waals surface area (Å²) in [6, 6.07) is 11.3. The molecule has 0 saturated carbocycles. The number of halogens is 4. The minimum Gasteiger partial charge on any atom is -0.492 e. The fourth-order valence-corrected chi connectivity index (χ4v) is 4.74. The Balaban J connectivity index is 0.000000208. The number of carbonyl (C=O) groups is 2. The highest BCUT2D eigenvalue weighted by atomic mass is 79.9. The first-order valence-electron chi connectivity index (χ1n) is 15.4. The molecular formula is C30H26Br2F2N10O10. The SMILES string of the molecule is O=C(O)Cn1nnc(-c2cc(OCCCOc3cc(F)ccc3Br)no2)n1.O=C(O)Cn1nnnc1-c1cc(OCCCOc2cc(F)ccc2Br)no1. The number of carboxylic acid groups (broad SMARTS) is 2. The van der Waals surface area contributed by atoms with Crippen LogP contribution in [0.5, 0.6) is 23.3 Å². The normalized spacial score (nSPS) is 10.7. The standard InChI is InChI=1S/2C15H13BrFN5O5/c16-10-3-2-9(17)6-11(10)25-4-1-5-26-13-7-12(27-20-13)15-18-21-22(19-15)8-14(23)24;16-10-3-2-9(17)6-11(10)25-4-1-5-26-13-7-12(27-19-13)15-18-20-21-22(15)8-14(23)24/h2*2-3,6-7H,1,4-5,8H2,(H,23,24). The van der Waals surface area contributed by atoms with Crippen molar-refractivity contribution in [3.63, 3.8) is 0 Å². The van der Waals surface area contributed by atoms with Gasteiger partial charge in [-0.1, -0.05) is 0 Å². The Bertz CT molecular complexity index is 2160. The lowest BCUT2D eigenvalue weighted by Gasteiger charge is -2.08. The van der Waals surface area contributed by atoms with Crippen molar-refractivity contribution in [1.82, 2.24) is 50.7 Å². The van der Waals surface area contributed by atoms with Crippen molar-refractivity contribution in [3.8, 4) is 46.4 Å². The quantitative estimate of drug-likeness (QED) is 0.114. The summed E-state index contributed by atoms with van der Waals surface area (Å²) in [6.45, 7) is 0.372. The Morgan fingerprint density at radius 2 is 1.24 bits per heavy atom. The van der Waals surface area contributed by atoms with Gasteiger partial charge in [0.25, 0.3) is 11.8 Å². The zero-order chi connectivity index (χ0) is 38.5. The fourth-order valence-electron chi connectivity index (χ4n) is 4.02. The molecule has 0 bridgehead atoms. The van der Waals surface area contributed by atoms with Gasteiger partial charge in [-0.25, -0.2) is 13.5 Å². The molecular weight excluding hydrogens is 858 g/mol. The third-order valence-electron chi connectivity index (χ3n) is 6.34. The van der Waals surface area contributed by atoms with Gasteiger partial charge in [0.05, 0.1) is 47.5 Å². The van der Waals surface area contributed by atoms with Crippen LogP contribution in [0.4, 0.5) is 8.78 Å². The van der Waals surface area contributed by atoms with E-state index in [1.165, 1.54) is 36.4 Å². The summed E-state index contributed by atoms with van der Waals surface area (Å²) in [6.07, 6.45) is 1.04. The van der Waals surface area contributed by atoms with Crippen LogP contribution in [0.3, 0.4) is 0 Å². The second-order valence-corrected chi connectivity index (χ2v) is 12.1. The van der Waals surface area contributed by atoms with Crippen molar-refractivity contribution in [3.05, 3.63) is 69.1 Å². The van der Waals surface area contributed by atoms with Crippen LogP contribution in [-0.4, -0.2) is 99.3 Å². The number of aliphatic carboxylic acids is 2. The molecule has 284 valence electrons. The molecule has 6 rings (SSSR count). The van der Waals surface area contributed by atoms with Crippen LogP contribution in [0.2, 0.25) is 0 Å². The third kappa shape index (κ3) is 11.7. The van der Waals surface area contributed by atoms with Crippen molar-refractivity contribution in [2.75, 3.05) is 26.4 Å². The lowest BCUT2D eigenvalue weighted by Crippen LogP contribution is -2.11. The van der Waals surface area contributed by atoms with E-state index >= 15 is 0 Å². The first kappa shape index (κ1) is 39.2. The highest BCUT2D eigenvalue weighted by Crippen LogP contribution is 2.27. The van der Waals surface area contributed by atoms with Crippen molar-refractivity contribution >= 4 is 43.8 Å². The fraction of sp³-hybridized carbons (Fsp3) is 0.267. The summed E-state index contributed by atoms with van der Waals surface area (Å²) in [5, 5.41) is 46.8. The highest BCUT2D eigenvalue weighted by molar-refractivity contribution is 9.10. The molecule has 0 unspecified atom stereocenters. The molecule has 4 heterocycles. The van der Waals surface area contributed by atoms with E-state index < -0.39 is 25.0 Å². The summed E-state index contributed by atoms with van der Waals surface area (Å²) < 4.78 is 60.6. The number of carboxylic acids is 2. The third-order valence-corrected chi connectivity index (χ3v) is 7.65. The largest absolute Gasteiger partial charge is 0.492 e. The molecule has 0 spiro atoms. The highest BCUT2D eigenvalue weighted by Gasteiger charge is 2.18. The van der Waals surface area contributed by atoms with Gasteiger partial charge in [-0.2, -0.15) is 4.80 Å². The summed E-state index contributed by atoms with van der Waals surface area (Å²) >= 11 is 6.56. The van der Waals surface area contributed by atoms with Gasteiger partial charge in [0.15, 0.2) is 6.54 Å². The first-order chi connectivity index (χ1) is 26.0. The van der Waals surface area contributed by atoms with Crippen LogP contribution in [0.1, 0.15) is 12.8 Å². The van der Waals surface area contributed by atoms with Gasteiger partial charge in [-0.05, 0) is 82.1 Å². The molecule has 0 atom stereocenters. The van der Waals surface area contributed by atoms with Crippen LogP contribution in [-0.2, 0) is 22.7 Å². The number of tetrazole rings is 2. The molecule has 0 fully saturated rings. The molecule has 0 aliphatic rings. The van der Waals surface area contributed by atoms with E-state index in [1.807, 2.05) is 0 Å². The molecule has 2 aromatic carbocycles. The number of hydrogen-bond donors (Lipinski definition) is 2. The van der Waals surface area contributed by atoms with Gasteiger partial charge < -0.3 is 38.2 Å². The van der Waals surface area contributed by atoms with Gasteiger partial charge in [0.2, 0.25) is 23.2 Å². The zero-order valence-corrected chi connectivity index (χ0v) is 30.6. The second-order valence-electron chi connectivity index (χ2n) is 10.4. The van der Waals surface area contributed by atoms with E-state index in [2.05, 4.69) is 73.1 Å². The second kappa shape index (κ2) is 19.2. The van der Waals surface area contributed by atoms with Crippen molar-refractivity contribution in [2.45, 2.75) is 25.9 Å². The maximum atomic E-state index is 13.2. The predicted molar refractivity (Wildman–Crippen MR) is 181 cm³/mol. The Morgan fingerprint density at radius 1 is 0.704 bits per heavy atom. The van der Waals surface area contributed by atoms with Crippen molar-refractivity contribution in [2.24, 2.45) is 0 Å². The number of nitrogens with zero attached hydrogens (tertiary/aromatic N) is 10. The Labute approximate surface area is 318 Å². The smallest absolute Gasteiger partial charge is 0.327 e. The number of benzene rings is 2. The Morgan fingerprint density at radius 3 is 1.81 bits per heavy atom. The summed E-state index contributed by atoms with van der Waals surface area (Å²) in [5.74, 6) is -1.13. The lowest BCUT2D eigenvalue weighted by molar-refractivity contribution is -0.139. The molecule has 6 aromatic rings. The van der Waals surface area contributed by atoms with Crippen LogP contribution in [0, 0.1) is 11.6 Å². The lowest BCUT2D eigenvalue weighted by atomic mass is 10.3. The topological polar surface area (TPSA) is 251 Å². The zero-order valence-electron chi connectivity index (χ0n) is 27.4. The summed E-state index contributed by atoms with van der Waals surface area (Å²) in [7, 11) is 0. The average Bonchev–Trinajstić information content (AvgIpc) is 3.96. The number of hydrogen-bond acceptors (Lipinski definition) is 16. The molecule has 24 heteroatoms. The summed E-state index contributed by atoms with van der Waals surface area (Å²) in [5.41, 5.74) is 0. The molecule has 0 radical (unpaired) electrons. The van der Waals surface area contributed by atoms with Gasteiger partial charge in [-0.3, -0.25) is 9.59 Å². The van der Waals surface area contributed by atoms with Crippen LogP contribution < -0.4 is 18.9 Å². The van der Waals surface area contributed by atoms with E-state index in [0.717, 1.165) is 9.48 Å². The summed E-state index contributed by atoms with van der Waals surface area (Å²) in [4.78, 5) is 22.3. The minimum atomic E-state index is -1.09. The number of aromatic nitrogens is 10. The number of ether oxygens (including phenoxy) is 4. The molecule has 54 heavy (non-hydrogen) atoms. The van der Waals surface area contributed by atoms with E-state index in [-0.39, 0.29) is 59.8 Å². The first-order valence-corrected chi connectivity index (χ1v) is 17.0. The molecule has 0 aliphatic heterocycles. The molecule has 20 nitrogen and oxygen atoms in total. The monoisotopic (exact) mass is 882 g/mol. The maximum Gasteiger partial charge on any atom is 0.327 e. The number of rotatable bonds is 18. The van der Waals surface area contributed by atoms with Crippen LogP contribution >= 0.6 is 31.9 Å². The average molecular weight is 884 g/mol. The Hall–Kier alpha value is -6.04. The van der Waals surface area contributed by atoms with E-state index in [9.17, 15) is 18.4 Å². The van der Waals surface area contributed by atoms with Crippen molar-refractivity contribution < 1.29 is 56.6 Å².